The highest BCUT2D eigenvalue weighted by atomic mass is 16.6. The van der Waals surface area contributed by atoms with Crippen LogP contribution in [0.3, 0.4) is 0 Å². The third-order valence-corrected chi connectivity index (χ3v) is 1.81. The quantitative estimate of drug-likeness (QED) is 0.414. The second-order valence-corrected chi connectivity index (χ2v) is 2.67. The predicted molar refractivity (Wildman–Crippen MR) is 31.1 cm³/mol. The van der Waals surface area contributed by atoms with Crippen LogP contribution in [-0.4, -0.2) is 18.1 Å². The molecule has 4 nitrogen and oxygen atoms in total. The maximum absolute atomic E-state index is 10.8. The Hall–Kier alpha value is -1.06. The van der Waals surface area contributed by atoms with Crippen LogP contribution in [0.15, 0.2) is 0 Å². The molecule has 4 heteroatoms. The summed E-state index contributed by atoms with van der Waals surface area (Å²) >= 11 is 0. The van der Waals surface area contributed by atoms with E-state index in [1.807, 2.05) is 0 Å². The van der Waals surface area contributed by atoms with Crippen LogP contribution in [0, 0.1) is 5.92 Å². The molecule has 2 fully saturated rings. The molecule has 0 bridgehead atoms. The normalized spacial score (nSPS) is 31.8. The zero-order valence-corrected chi connectivity index (χ0v) is 5.29. The van der Waals surface area contributed by atoms with E-state index in [9.17, 15) is 9.59 Å². The Morgan fingerprint density at radius 1 is 1.40 bits per heavy atom. The fourth-order valence-corrected chi connectivity index (χ4v) is 1.11. The van der Waals surface area contributed by atoms with E-state index >= 15 is 0 Å². The zero-order chi connectivity index (χ0) is 7.14. The van der Waals surface area contributed by atoms with Crippen LogP contribution < -0.4 is 5.32 Å². The van der Waals surface area contributed by atoms with Crippen molar-refractivity contribution in [2.75, 3.05) is 0 Å². The van der Waals surface area contributed by atoms with Gasteiger partial charge in [-0.15, -0.1) is 0 Å². The number of ether oxygens (including phenoxy) is 1. The Balaban J connectivity index is 2.08. The highest BCUT2D eigenvalue weighted by Gasteiger charge is 2.43. The van der Waals surface area contributed by atoms with Gasteiger partial charge >= 0.3 is 12.1 Å². The van der Waals surface area contributed by atoms with Gasteiger partial charge in [0.05, 0.1) is 0 Å². The van der Waals surface area contributed by atoms with Gasteiger partial charge in [-0.05, 0) is 18.8 Å². The number of carbonyl (C=O) groups is 2. The summed E-state index contributed by atoms with van der Waals surface area (Å²) < 4.78 is 4.29. The zero-order valence-electron chi connectivity index (χ0n) is 5.29. The molecular weight excluding hydrogens is 134 g/mol. The Bertz CT molecular complexity index is 197. The van der Waals surface area contributed by atoms with Crippen LogP contribution in [0.5, 0.6) is 0 Å². The minimum atomic E-state index is -0.595. The molecule has 1 saturated carbocycles. The van der Waals surface area contributed by atoms with Crippen LogP contribution in [0.25, 0.3) is 0 Å². The summed E-state index contributed by atoms with van der Waals surface area (Å²) in [6.45, 7) is 0. The number of amides is 1. The SMILES string of the molecule is O=C1N[C@@H](C2CC2)C(=O)O1. The Kier molecular flexibility index (Phi) is 0.977. The first-order valence-corrected chi connectivity index (χ1v) is 3.29. The van der Waals surface area contributed by atoms with Gasteiger partial charge in [0.15, 0.2) is 0 Å². The monoisotopic (exact) mass is 141 g/mol. The number of rotatable bonds is 1. The first kappa shape index (κ1) is 5.70. The standard InChI is InChI=1S/C6H7NO3/c8-5-4(3-1-2-3)7-6(9)10-5/h3-4H,1-2H2,(H,7,9)/t4-/m0/s1. The highest BCUT2D eigenvalue weighted by molar-refractivity contribution is 5.95. The summed E-state index contributed by atoms with van der Waals surface area (Å²) in [5, 5.41) is 2.45. The smallest absolute Gasteiger partial charge is 0.375 e. The topological polar surface area (TPSA) is 55.4 Å². The van der Waals surface area contributed by atoms with Crippen LogP contribution >= 0.6 is 0 Å². The summed E-state index contributed by atoms with van der Waals surface area (Å²) in [4.78, 5) is 21.2. The fraction of sp³-hybridized carbons (Fsp3) is 0.667. The largest absolute Gasteiger partial charge is 0.415 e. The van der Waals surface area contributed by atoms with Gasteiger partial charge in [-0.1, -0.05) is 0 Å². The van der Waals surface area contributed by atoms with Gasteiger partial charge in [-0.25, -0.2) is 9.59 Å². The molecule has 1 N–H and O–H groups in total. The summed E-state index contributed by atoms with van der Waals surface area (Å²) in [6.07, 6.45) is 1.46. The molecule has 1 aliphatic heterocycles. The number of alkyl carbamates (subject to hydrolysis) is 1. The van der Waals surface area contributed by atoms with Gasteiger partial charge < -0.3 is 10.1 Å². The first-order valence-electron chi connectivity index (χ1n) is 3.29. The molecule has 0 aromatic heterocycles. The second kappa shape index (κ2) is 1.71. The lowest BCUT2D eigenvalue weighted by Gasteiger charge is -1.98. The first-order chi connectivity index (χ1) is 4.77. The summed E-state index contributed by atoms with van der Waals surface area (Å²) in [5.74, 6) is -0.0635. The minimum absolute atomic E-state index is 0.340. The third-order valence-electron chi connectivity index (χ3n) is 1.81. The maximum Gasteiger partial charge on any atom is 0.415 e. The highest BCUT2D eigenvalue weighted by Crippen LogP contribution is 2.34. The van der Waals surface area contributed by atoms with Gasteiger partial charge in [0.1, 0.15) is 6.04 Å². The molecule has 54 valence electrons. The summed E-state index contributed by atoms with van der Waals surface area (Å²) in [7, 11) is 0. The molecule has 10 heavy (non-hydrogen) atoms. The molecule has 2 aliphatic rings. The second-order valence-electron chi connectivity index (χ2n) is 2.67. The van der Waals surface area contributed by atoms with Gasteiger partial charge in [0.2, 0.25) is 0 Å². The van der Waals surface area contributed by atoms with Crippen molar-refractivity contribution in [1.29, 1.82) is 0 Å². The van der Waals surface area contributed by atoms with E-state index < -0.39 is 12.1 Å². The number of cyclic esters (lactones) is 2. The number of nitrogens with one attached hydrogen (secondary N) is 1. The van der Waals surface area contributed by atoms with E-state index in [1.165, 1.54) is 0 Å². The number of carbonyl (C=O) groups excluding carboxylic acids is 2. The average molecular weight is 141 g/mol. The molecule has 1 amide bonds. The predicted octanol–water partition coefficient (Wildman–Crippen LogP) is 0.0314. The maximum atomic E-state index is 10.8. The number of esters is 1. The molecule has 0 radical (unpaired) electrons. The third kappa shape index (κ3) is 0.761. The molecule has 1 atom stereocenters. The van der Waals surface area contributed by atoms with Crippen LogP contribution in [-0.2, 0) is 9.53 Å². The van der Waals surface area contributed by atoms with E-state index in [4.69, 9.17) is 0 Å². The molecular formula is C6H7NO3. The van der Waals surface area contributed by atoms with E-state index in [-0.39, 0.29) is 6.04 Å². The van der Waals surface area contributed by atoms with Crippen molar-refractivity contribution in [1.82, 2.24) is 5.32 Å². The van der Waals surface area contributed by atoms with Crippen LogP contribution in [0.1, 0.15) is 12.8 Å². The van der Waals surface area contributed by atoms with E-state index in [0.29, 0.717) is 5.92 Å². The Labute approximate surface area is 57.5 Å². The van der Waals surface area contributed by atoms with Crippen molar-refractivity contribution in [3.05, 3.63) is 0 Å². The Morgan fingerprint density at radius 2 is 2.10 bits per heavy atom. The van der Waals surface area contributed by atoms with Crippen LogP contribution in [0.2, 0.25) is 0 Å². The Morgan fingerprint density at radius 3 is 2.50 bits per heavy atom. The average Bonchev–Trinajstić information content (AvgIpc) is 2.61. The summed E-state index contributed by atoms with van der Waals surface area (Å²) in [6, 6.07) is -0.340. The molecule has 1 aliphatic carbocycles. The van der Waals surface area contributed by atoms with E-state index in [0.717, 1.165) is 12.8 Å². The van der Waals surface area contributed by atoms with Gasteiger partial charge in [0, 0.05) is 0 Å². The molecule has 0 unspecified atom stereocenters. The molecule has 1 heterocycles. The molecule has 0 spiro atoms. The fourth-order valence-electron chi connectivity index (χ4n) is 1.11. The van der Waals surface area contributed by atoms with Gasteiger partial charge in [-0.3, -0.25) is 0 Å². The lowest BCUT2D eigenvalue weighted by Crippen LogP contribution is -2.30. The van der Waals surface area contributed by atoms with Crippen molar-refractivity contribution in [2.45, 2.75) is 18.9 Å². The van der Waals surface area contributed by atoms with Crippen molar-refractivity contribution in [3.63, 3.8) is 0 Å². The van der Waals surface area contributed by atoms with E-state index in [1.54, 1.807) is 0 Å². The molecule has 0 aromatic rings. The lowest BCUT2D eigenvalue weighted by molar-refractivity contribution is -0.135. The molecule has 0 aromatic carbocycles. The van der Waals surface area contributed by atoms with Gasteiger partial charge in [-0.2, -0.15) is 0 Å². The minimum Gasteiger partial charge on any atom is -0.375 e. The summed E-state index contributed by atoms with van der Waals surface area (Å²) in [5.41, 5.74) is 0. The van der Waals surface area contributed by atoms with E-state index in [2.05, 4.69) is 10.1 Å². The molecule has 2 rings (SSSR count). The van der Waals surface area contributed by atoms with Gasteiger partial charge in [0.25, 0.3) is 0 Å². The van der Waals surface area contributed by atoms with Crippen LogP contribution in [0.4, 0.5) is 4.79 Å². The van der Waals surface area contributed by atoms with Crippen molar-refractivity contribution in [3.8, 4) is 0 Å². The van der Waals surface area contributed by atoms with Crippen molar-refractivity contribution < 1.29 is 14.3 Å². The van der Waals surface area contributed by atoms with Crippen molar-refractivity contribution >= 4 is 12.1 Å². The number of hydrogen-bond acceptors (Lipinski definition) is 3. The van der Waals surface area contributed by atoms with Crippen molar-refractivity contribution in [2.24, 2.45) is 5.92 Å². The number of hydrogen-bond donors (Lipinski definition) is 1. The lowest BCUT2D eigenvalue weighted by atomic mass is 10.2. The molecule has 1 saturated heterocycles.